The summed E-state index contributed by atoms with van der Waals surface area (Å²) in [6.45, 7) is 8.07. The molecule has 3 nitrogen and oxygen atoms in total. The van der Waals surface area contributed by atoms with Crippen LogP contribution < -0.4 is 5.73 Å². The molecular formula is C15H24N2O. The van der Waals surface area contributed by atoms with Crippen molar-refractivity contribution in [3.05, 3.63) is 35.4 Å². The Morgan fingerprint density at radius 2 is 1.67 bits per heavy atom. The SMILES string of the molecule is CC1CN(Cc2ccc(CCN)cc2)CC(C)O1. The third kappa shape index (κ3) is 3.80. The van der Waals surface area contributed by atoms with Crippen LogP contribution in [-0.2, 0) is 17.7 Å². The summed E-state index contributed by atoms with van der Waals surface area (Å²) in [6.07, 6.45) is 1.64. The largest absolute Gasteiger partial charge is 0.373 e. The highest BCUT2D eigenvalue weighted by atomic mass is 16.5. The minimum atomic E-state index is 0.338. The van der Waals surface area contributed by atoms with Gasteiger partial charge in [-0.2, -0.15) is 0 Å². The van der Waals surface area contributed by atoms with Crippen molar-refractivity contribution in [3.63, 3.8) is 0 Å². The lowest BCUT2D eigenvalue weighted by Gasteiger charge is -2.35. The topological polar surface area (TPSA) is 38.5 Å². The summed E-state index contributed by atoms with van der Waals surface area (Å²) >= 11 is 0. The second-order valence-electron chi connectivity index (χ2n) is 5.31. The Morgan fingerprint density at radius 3 is 2.22 bits per heavy atom. The third-order valence-corrected chi connectivity index (χ3v) is 3.36. The molecule has 1 aliphatic rings. The molecule has 1 aromatic carbocycles. The standard InChI is InChI=1S/C15H24N2O/c1-12-9-17(10-13(2)18-12)11-15-5-3-14(4-6-15)7-8-16/h3-6,12-13H,7-11,16H2,1-2H3. The lowest BCUT2D eigenvalue weighted by molar-refractivity contribution is -0.0704. The molecule has 18 heavy (non-hydrogen) atoms. The zero-order valence-corrected chi connectivity index (χ0v) is 11.4. The van der Waals surface area contributed by atoms with Crippen molar-refractivity contribution in [2.24, 2.45) is 5.73 Å². The molecule has 2 N–H and O–H groups in total. The Labute approximate surface area is 110 Å². The van der Waals surface area contributed by atoms with Crippen LogP contribution in [0.2, 0.25) is 0 Å². The van der Waals surface area contributed by atoms with Gasteiger partial charge in [-0.05, 0) is 37.9 Å². The zero-order valence-electron chi connectivity index (χ0n) is 11.4. The van der Waals surface area contributed by atoms with E-state index < -0.39 is 0 Å². The van der Waals surface area contributed by atoms with Crippen molar-refractivity contribution in [2.45, 2.75) is 39.0 Å². The van der Waals surface area contributed by atoms with Gasteiger partial charge in [0, 0.05) is 19.6 Å². The molecule has 0 bridgehead atoms. The highest BCUT2D eigenvalue weighted by molar-refractivity contribution is 5.22. The molecule has 0 saturated carbocycles. The Balaban J connectivity index is 1.92. The van der Waals surface area contributed by atoms with Gasteiger partial charge < -0.3 is 10.5 Å². The van der Waals surface area contributed by atoms with Crippen molar-refractivity contribution >= 4 is 0 Å². The number of morpholine rings is 1. The Hall–Kier alpha value is -0.900. The predicted octanol–water partition coefficient (Wildman–Crippen LogP) is 1.80. The molecule has 100 valence electrons. The highest BCUT2D eigenvalue weighted by Crippen LogP contribution is 2.14. The average Bonchev–Trinajstić information content (AvgIpc) is 2.31. The molecule has 1 aromatic rings. The number of ether oxygens (including phenoxy) is 1. The Morgan fingerprint density at radius 1 is 1.11 bits per heavy atom. The summed E-state index contributed by atoms with van der Waals surface area (Å²) in [4.78, 5) is 2.47. The van der Waals surface area contributed by atoms with Crippen LogP contribution in [0.5, 0.6) is 0 Å². The lowest BCUT2D eigenvalue weighted by Crippen LogP contribution is -2.44. The molecule has 1 saturated heterocycles. The summed E-state index contributed by atoms with van der Waals surface area (Å²) in [5, 5.41) is 0. The van der Waals surface area contributed by atoms with Crippen molar-refractivity contribution < 1.29 is 4.74 Å². The molecule has 0 aromatic heterocycles. The van der Waals surface area contributed by atoms with Crippen LogP contribution in [0.15, 0.2) is 24.3 Å². The maximum atomic E-state index is 5.75. The van der Waals surface area contributed by atoms with Crippen LogP contribution in [-0.4, -0.2) is 36.7 Å². The van der Waals surface area contributed by atoms with Gasteiger partial charge in [-0.25, -0.2) is 0 Å². The number of hydrogen-bond donors (Lipinski definition) is 1. The van der Waals surface area contributed by atoms with E-state index in [4.69, 9.17) is 10.5 Å². The molecule has 0 amide bonds. The Kier molecular flexibility index (Phi) is 4.75. The van der Waals surface area contributed by atoms with E-state index in [0.717, 1.165) is 32.6 Å². The number of nitrogens with two attached hydrogens (primary N) is 1. The minimum Gasteiger partial charge on any atom is -0.373 e. The summed E-state index contributed by atoms with van der Waals surface area (Å²) in [5.74, 6) is 0. The summed E-state index contributed by atoms with van der Waals surface area (Å²) in [5.41, 5.74) is 8.25. The van der Waals surface area contributed by atoms with Gasteiger partial charge in [0.15, 0.2) is 0 Å². The maximum Gasteiger partial charge on any atom is 0.0678 e. The van der Waals surface area contributed by atoms with E-state index in [1.807, 2.05) is 0 Å². The van der Waals surface area contributed by atoms with Crippen molar-refractivity contribution in [1.82, 2.24) is 4.90 Å². The molecule has 0 spiro atoms. The molecule has 1 fully saturated rings. The van der Waals surface area contributed by atoms with Gasteiger partial charge in [0.25, 0.3) is 0 Å². The summed E-state index contributed by atoms with van der Waals surface area (Å²) in [7, 11) is 0. The lowest BCUT2D eigenvalue weighted by atomic mass is 10.1. The van der Waals surface area contributed by atoms with Crippen LogP contribution in [0.4, 0.5) is 0 Å². The summed E-state index contributed by atoms with van der Waals surface area (Å²) in [6, 6.07) is 8.82. The zero-order chi connectivity index (χ0) is 13.0. The van der Waals surface area contributed by atoms with Crippen LogP contribution in [0.25, 0.3) is 0 Å². The fourth-order valence-electron chi connectivity index (χ4n) is 2.65. The molecular weight excluding hydrogens is 224 g/mol. The van der Waals surface area contributed by atoms with Crippen LogP contribution in [0.3, 0.4) is 0 Å². The van der Waals surface area contributed by atoms with E-state index in [9.17, 15) is 0 Å². The first-order chi connectivity index (χ1) is 8.67. The van der Waals surface area contributed by atoms with Gasteiger partial charge in [-0.3, -0.25) is 4.90 Å². The molecule has 2 unspecified atom stereocenters. The number of rotatable bonds is 4. The monoisotopic (exact) mass is 248 g/mol. The van der Waals surface area contributed by atoms with Crippen LogP contribution >= 0.6 is 0 Å². The molecule has 2 atom stereocenters. The quantitative estimate of drug-likeness (QED) is 0.883. The van der Waals surface area contributed by atoms with Crippen molar-refractivity contribution in [2.75, 3.05) is 19.6 Å². The fraction of sp³-hybridized carbons (Fsp3) is 0.600. The predicted molar refractivity (Wildman–Crippen MR) is 74.5 cm³/mol. The van der Waals surface area contributed by atoms with Gasteiger partial charge in [-0.1, -0.05) is 24.3 Å². The summed E-state index contributed by atoms with van der Waals surface area (Å²) < 4.78 is 5.75. The number of benzene rings is 1. The molecule has 0 aliphatic carbocycles. The molecule has 2 rings (SSSR count). The van der Waals surface area contributed by atoms with E-state index in [2.05, 4.69) is 43.0 Å². The second kappa shape index (κ2) is 6.32. The van der Waals surface area contributed by atoms with E-state index >= 15 is 0 Å². The number of nitrogens with zero attached hydrogens (tertiary/aromatic N) is 1. The maximum absolute atomic E-state index is 5.75. The van der Waals surface area contributed by atoms with E-state index in [0.29, 0.717) is 12.2 Å². The first-order valence-electron chi connectivity index (χ1n) is 6.83. The van der Waals surface area contributed by atoms with Gasteiger partial charge in [0.05, 0.1) is 12.2 Å². The van der Waals surface area contributed by atoms with Crippen LogP contribution in [0.1, 0.15) is 25.0 Å². The molecule has 0 radical (unpaired) electrons. The van der Waals surface area contributed by atoms with Crippen molar-refractivity contribution in [1.29, 1.82) is 0 Å². The normalized spacial score (nSPS) is 25.3. The third-order valence-electron chi connectivity index (χ3n) is 3.36. The molecule has 1 heterocycles. The minimum absolute atomic E-state index is 0.338. The smallest absolute Gasteiger partial charge is 0.0678 e. The van der Waals surface area contributed by atoms with Gasteiger partial charge in [0.1, 0.15) is 0 Å². The fourth-order valence-corrected chi connectivity index (χ4v) is 2.65. The van der Waals surface area contributed by atoms with E-state index in [1.165, 1.54) is 11.1 Å². The average molecular weight is 248 g/mol. The van der Waals surface area contributed by atoms with E-state index in [1.54, 1.807) is 0 Å². The first kappa shape index (κ1) is 13.5. The van der Waals surface area contributed by atoms with Crippen LogP contribution in [0, 0.1) is 0 Å². The van der Waals surface area contributed by atoms with Gasteiger partial charge >= 0.3 is 0 Å². The van der Waals surface area contributed by atoms with E-state index in [-0.39, 0.29) is 0 Å². The molecule has 1 aliphatic heterocycles. The van der Waals surface area contributed by atoms with Gasteiger partial charge in [0.2, 0.25) is 0 Å². The first-order valence-corrected chi connectivity index (χ1v) is 6.83. The van der Waals surface area contributed by atoms with Gasteiger partial charge in [-0.15, -0.1) is 0 Å². The highest BCUT2D eigenvalue weighted by Gasteiger charge is 2.21. The number of hydrogen-bond acceptors (Lipinski definition) is 3. The molecule has 3 heteroatoms. The van der Waals surface area contributed by atoms with Crippen molar-refractivity contribution in [3.8, 4) is 0 Å². The second-order valence-corrected chi connectivity index (χ2v) is 5.31. The Bertz CT molecular complexity index is 353.